The van der Waals surface area contributed by atoms with Crippen molar-refractivity contribution in [3.05, 3.63) is 65.1 Å². The summed E-state index contributed by atoms with van der Waals surface area (Å²) in [4.78, 5) is 28.1. The fourth-order valence-corrected chi connectivity index (χ4v) is 3.87. The molecule has 1 aliphatic heterocycles. The molecule has 2 amide bonds. The van der Waals surface area contributed by atoms with Crippen molar-refractivity contribution in [1.82, 2.24) is 0 Å². The van der Waals surface area contributed by atoms with Gasteiger partial charge in [-0.15, -0.1) is 11.8 Å². The zero-order valence-corrected chi connectivity index (χ0v) is 16.6. The van der Waals surface area contributed by atoms with Gasteiger partial charge >= 0.3 is 0 Å². The summed E-state index contributed by atoms with van der Waals surface area (Å²) in [5.74, 6) is 0.0911. The molecule has 2 aromatic rings. The van der Waals surface area contributed by atoms with Crippen LogP contribution in [0.4, 0.5) is 5.69 Å². The van der Waals surface area contributed by atoms with Gasteiger partial charge in [-0.25, -0.2) is 4.90 Å². The van der Waals surface area contributed by atoms with Crippen molar-refractivity contribution in [2.24, 2.45) is 0 Å². The fourth-order valence-electron chi connectivity index (χ4n) is 2.88. The maximum atomic E-state index is 13.2. The van der Waals surface area contributed by atoms with E-state index >= 15 is 0 Å². The van der Waals surface area contributed by atoms with Crippen LogP contribution < -0.4 is 9.64 Å². The van der Waals surface area contributed by atoms with E-state index in [1.54, 1.807) is 18.2 Å². The lowest BCUT2D eigenvalue weighted by Gasteiger charge is -2.16. The Labute approximate surface area is 164 Å². The molecule has 140 valence electrons. The highest BCUT2D eigenvalue weighted by Crippen LogP contribution is 2.40. The number of nitrogens with zero attached hydrogens (tertiary/aromatic N) is 1. The first kappa shape index (κ1) is 19.2. The predicted molar refractivity (Wildman–Crippen MR) is 111 cm³/mol. The van der Waals surface area contributed by atoms with Crippen LogP contribution in [0.25, 0.3) is 5.57 Å². The van der Waals surface area contributed by atoms with E-state index in [2.05, 4.69) is 0 Å². The van der Waals surface area contributed by atoms with Crippen LogP contribution in [0.3, 0.4) is 0 Å². The van der Waals surface area contributed by atoms with Crippen molar-refractivity contribution in [3.8, 4) is 5.75 Å². The number of rotatable bonds is 7. The molecule has 2 aromatic carbocycles. The zero-order chi connectivity index (χ0) is 19.4. The molecule has 0 N–H and O–H groups in total. The Bertz CT molecular complexity index is 874. The van der Waals surface area contributed by atoms with Crippen molar-refractivity contribution >= 4 is 34.8 Å². The SMILES string of the molecule is CCCOc1cccc(N2C(=O)C(SC(C)C)=C(c3ccccc3)C2=O)c1. The Kier molecular flexibility index (Phi) is 6.01. The minimum atomic E-state index is -0.290. The van der Waals surface area contributed by atoms with Crippen molar-refractivity contribution in [1.29, 1.82) is 0 Å². The van der Waals surface area contributed by atoms with Crippen LogP contribution in [-0.4, -0.2) is 23.7 Å². The molecule has 0 atom stereocenters. The molecule has 0 saturated heterocycles. The Morgan fingerprint density at radius 1 is 1.00 bits per heavy atom. The zero-order valence-electron chi connectivity index (χ0n) is 15.8. The lowest BCUT2D eigenvalue weighted by molar-refractivity contribution is -0.119. The van der Waals surface area contributed by atoms with Gasteiger partial charge in [0, 0.05) is 11.3 Å². The van der Waals surface area contributed by atoms with Crippen LogP contribution >= 0.6 is 11.8 Å². The summed E-state index contributed by atoms with van der Waals surface area (Å²) in [7, 11) is 0. The average Bonchev–Trinajstić information content (AvgIpc) is 2.90. The third-order valence-corrected chi connectivity index (χ3v) is 5.09. The molecule has 0 radical (unpaired) electrons. The number of hydrogen-bond donors (Lipinski definition) is 0. The molecule has 0 spiro atoms. The van der Waals surface area contributed by atoms with Crippen molar-refractivity contribution in [2.75, 3.05) is 11.5 Å². The van der Waals surface area contributed by atoms with Gasteiger partial charge in [-0.3, -0.25) is 9.59 Å². The molecular formula is C22H23NO3S. The number of ether oxygens (including phenoxy) is 1. The molecule has 0 bridgehead atoms. The molecule has 1 heterocycles. The van der Waals surface area contributed by atoms with E-state index in [0.29, 0.717) is 28.5 Å². The highest BCUT2D eigenvalue weighted by Gasteiger charge is 2.40. The highest BCUT2D eigenvalue weighted by molar-refractivity contribution is 8.04. The Balaban J connectivity index is 2.01. The topological polar surface area (TPSA) is 46.6 Å². The quantitative estimate of drug-likeness (QED) is 0.640. The van der Waals surface area contributed by atoms with Crippen LogP contribution in [-0.2, 0) is 9.59 Å². The summed E-state index contributed by atoms with van der Waals surface area (Å²) in [6.45, 7) is 6.65. The van der Waals surface area contributed by atoms with Gasteiger partial charge in [0.1, 0.15) is 5.75 Å². The molecular weight excluding hydrogens is 358 g/mol. The monoisotopic (exact) mass is 381 g/mol. The summed E-state index contributed by atoms with van der Waals surface area (Å²) in [6.07, 6.45) is 0.890. The fraction of sp³-hybridized carbons (Fsp3) is 0.273. The van der Waals surface area contributed by atoms with Crippen LogP contribution in [0.1, 0.15) is 32.8 Å². The number of benzene rings is 2. The van der Waals surface area contributed by atoms with Gasteiger partial charge in [0.2, 0.25) is 0 Å². The standard InChI is InChI=1S/C22H23NO3S/c1-4-13-26-18-12-8-11-17(14-18)23-21(24)19(16-9-6-5-7-10-16)20(22(23)25)27-15(2)3/h5-12,14-15H,4,13H2,1-3H3. The summed E-state index contributed by atoms with van der Waals surface area (Å²) >= 11 is 1.43. The van der Waals surface area contributed by atoms with Gasteiger partial charge in [-0.1, -0.05) is 57.2 Å². The van der Waals surface area contributed by atoms with Crippen LogP contribution in [0, 0.1) is 0 Å². The van der Waals surface area contributed by atoms with E-state index in [-0.39, 0.29) is 17.1 Å². The molecule has 27 heavy (non-hydrogen) atoms. The second-order valence-corrected chi connectivity index (χ2v) is 8.12. The lowest BCUT2D eigenvalue weighted by atomic mass is 10.1. The Morgan fingerprint density at radius 3 is 2.41 bits per heavy atom. The van der Waals surface area contributed by atoms with E-state index in [4.69, 9.17) is 4.74 Å². The molecule has 0 aliphatic carbocycles. The van der Waals surface area contributed by atoms with Gasteiger partial charge in [0.25, 0.3) is 11.8 Å². The predicted octanol–water partition coefficient (Wildman–Crippen LogP) is 4.90. The molecule has 3 rings (SSSR count). The summed E-state index contributed by atoms with van der Waals surface area (Å²) in [5, 5.41) is 0.189. The second-order valence-electron chi connectivity index (χ2n) is 6.53. The number of amides is 2. The number of carbonyl (C=O) groups excluding carboxylic acids is 2. The van der Waals surface area contributed by atoms with Crippen LogP contribution in [0.2, 0.25) is 0 Å². The van der Waals surface area contributed by atoms with E-state index in [1.165, 1.54) is 16.7 Å². The molecule has 4 nitrogen and oxygen atoms in total. The normalized spacial score (nSPS) is 14.4. The van der Waals surface area contributed by atoms with E-state index in [0.717, 1.165) is 12.0 Å². The highest BCUT2D eigenvalue weighted by atomic mass is 32.2. The third-order valence-electron chi connectivity index (χ3n) is 4.01. The van der Waals surface area contributed by atoms with Gasteiger partial charge in [-0.2, -0.15) is 0 Å². The summed E-state index contributed by atoms with van der Waals surface area (Å²) in [6, 6.07) is 16.5. The number of imide groups is 1. The van der Waals surface area contributed by atoms with Crippen molar-refractivity contribution in [2.45, 2.75) is 32.4 Å². The third kappa shape index (κ3) is 4.08. The first-order chi connectivity index (χ1) is 13.0. The maximum absolute atomic E-state index is 13.2. The molecule has 0 unspecified atom stereocenters. The maximum Gasteiger partial charge on any atom is 0.272 e. The van der Waals surface area contributed by atoms with Crippen molar-refractivity contribution < 1.29 is 14.3 Å². The second kappa shape index (κ2) is 8.44. The average molecular weight is 381 g/mol. The molecule has 0 fully saturated rings. The number of hydrogen-bond acceptors (Lipinski definition) is 4. The molecule has 0 saturated carbocycles. The Hall–Kier alpha value is -2.53. The van der Waals surface area contributed by atoms with Gasteiger partial charge in [0.05, 0.1) is 22.8 Å². The van der Waals surface area contributed by atoms with Gasteiger partial charge in [-0.05, 0) is 24.1 Å². The van der Waals surface area contributed by atoms with Crippen LogP contribution in [0.5, 0.6) is 5.75 Å². The van der Waals surface area contributed by atoms with Crippen LogP contribution in [0.15, 0.2) is 59.5 Å². The minimum absolute atomic E-state index is 0.189. The van der Waals surface area contributed by atoms with Gasteiger partial charge in [0.15, 0.2) is 0 Å². The first-order valence-corrected chi connectivity index (χ1v) is 9.99. The molecule has 1 aliphatic rings. The minimum Gasteiger partial charge on any atom is -0.494 e. The van der Waals surface area contributed by atoms with E-state index < -0.39 is 0 Å². The van der Waals surface area contributed by atoms with E-state index in [9.17, 15) is 9.59 Å². The summed E-state index contributed by atoms with van der Waals surface area (Å²) in [5.41, 5.74) is 1.77. The van der Waals surface area contributed by atoms with Crippen molar-refractivity contribution in [3.63, 3.8) is 0 Å². The molecule has 5 heteroatoms. The van der Waals surface area contributed by atoms with E-state index in [1.807, 2.05) is 57.2 Å². The molecule has 0 aromatic heterocycles. The lowest BCUT2D eigenvalue weighted by Crippen LogP contribution is -2.31. The first-order valence-electron chi connectivity index (χ1n) is 9.11. The smallest absolute Gasteiger partial charge is 0.272 e. The largest absolute Gasteiger partial charge is 0.494 e. The number of carbonyl (C=O) groups is 2. The Morgan fingerprint density at radius 2 is 1.74 bits per heavy atom. The number of thioether (sulfide) groups is 1. The summed E-state index contributed by atoms with van der Waals surface area (Å²) < 4.78 is 5.66. The number of anilines is 1. The van der Waals surface area contributed by atoms with Gasteiger partial charge < -0.3 is 4.74 Å².